The lowest BCUT2D eigenvalue weighted by Gasteiger charge is -2.45. The highest BCUT2D eigenvalue weighted by atomic mass is 19.4. The molecule has 2 aliphatic heterocycles. The first kappa shape index (κ1) is 19.9. The van der Waals surface area contributed by atoms with Crippen LogP contribution >= 0.6 is 0 Å². The minimum atomic E-state index is -4.83. The van der Waals surface area contributed by atoms with Gasteiger partial charge in [0, 0.05) is 18.7 Å². The summed E-state index contributed by atoms with van der Waals surface area (Å²) in [5.74, 6) is -1.82. The van der Waals surface area contributed by atoms with Crippen molar-refractivity contribution in [2.45, 2.75) is 31.5 Å². The fourth-order valence-corrected chi connectivity index (χ4v) is 3.25. The number of alkyl halides is 3. The number of aliphatic hydroxyl groups excluding tert-OH is 1. The Kier molecular flexibility index (Phi) is 5.20. The second-order valence-electron chi connectivity index (χ2n) is 6.60. The summed E-state index contributed by atoms with van der Waals surface area (Å²) in [4.78, 5) is 40.0. The van der Waals surface area contributed by atoms with Crippen LogP contribution < -0.4 is 10.1 Å². The lowest BCUT2D eigenvalue weighted by atomic mass is 10.0. The summed E-state index contributed by atoms with van der Waals surface area (Å²) in [6, 6.07) is 2.55. The van der Waals surface area contributed by atoms with Gasteiger partial charge in [0.2, 0.25) is 11.8 Å². The predicted molar refractivity (Wildman–Crippen MR) is 88.1 cm³/mol. The molecule has 0 spiro atoms. The fraction of sp³-hybridized carbons (Fsp3) is 0.471. The van der Waals surface area contributed by atoms with Gasteiger partial charge >= 0.3 is 6.36 Å². The van der Waals surface area contributed by atoms with Crippen LogP contribution in [-0.2, 0) is 9.59 Å². The molecule has 2 fully saturated rings. The standard InChI is InChI=1S/C17H18F3N3O5/c1-9(24)13-16(27)23-7-6-22(8-12(23)14(25)21-13)15(26)10-2-4-11(5-3-10)28-17(18,19)20/h2-5,9,12-13,24H,6-8H2,1H3,(H,21,25)/t9-,12+,13+/m0/s1. The highest BCUT2D eigenvalue weighted by molar-refractivity contribution is 5.99. The van der Waals surface area contributed by atoms with Crippen molar-refractivity contribution in [1.82, 2.24) is 15.1 Å². The third-order valence-electron chi connectivity index (χ3n) is 4.63. The number of hydrogen-bond acceptors (Lipinski definition) is 5. The fourth-order valence-electron chi connectivity index (χ4n) is 3.25. The molecule has 1 aromatic carbocycles. The quantitative estimate of drug-likeness (QED) is 0.750. The molecule has 2 heterocycles. The Labute approximate surface area is 157 Å². The summed E-state index contributed by atoms with van der Waals surface area (Å²) in [6.07, 6.45) is -5.87. The summed E-state index contributed by atoms with van der Waals surface area (Å²) in [5, 5.41) is 12.1. The maximum atomic E-state index is 12.6. The number of piperazine rings is 2. The molecule has 152 valence electrons. The number of aliphatic hydroxyl groups is 1. The first-order valence-electron chi connectivity index (χ1n) is 8.51. The summed E-state index contributed by atoms with van der Waals surface area (Å²) in [7, 11) is 0. The van der Waals surface area contributed by atoms with Crippen LogP contribution in [0.1, 0.15) is 17.3 Å². The molecule has 0 radical (unpaired) electrons. The average Bonchev–Trinajstić information content (AvgIpc) is 2.63. The number of fused-ring (bicyclic) bond motifs is 1. The molecule has 0 saturated carbocycles. The zero-order chi connectivity index (χ0) is 20.6. The molecule has 2 N–H and O–H groups in total. The number of rotatable bonds is 3. The maximum Gasteiger partial charge on any atom is 0.573 e. The Hall–Kier alpha value is -2.82. The van der Waals surface area contributed by atoms with Gasteiger partial charge in [0.25, 0.3) is 5.91 Å². The molecule has 0 aliphatic carbocycles. The van der Waals surface area contributed by atoms with Crippen molar-refractivity contribution in [2.75, 3.05) is 19.6 Å². The van der Waals surface area contributed by atoms with Crippen molar-refractivity contribution >= 4 is 17.7 Å². The highest BCUT2D eigenvalue weighted by Gasteiger charge is 2.45. The van der Waals surface area contributed by atoms with E-state index in [4.69, 9.17) is 0 Å². The average molecular weight is 401 g/mol. The van der Waals surface area contributed by atoms with E-state index in [1.54, 1.807) is 0 Å². The molecule has 0 unspecified atom stereocenters. The van der Waals surface area contributed by atoms with E-state index < -0.39 is 48.0 Å². The Morgan fingerprint density at radius 3 is 2.46 bits per heavy atom. The van der Waals surface area contributed by atoms with Gasteiger partial charge in [-0.15, -0.1) is 13.2 Å². The normalized spacial score (nSPS) is 23.8. The highest BCUT2D eigenvalue weighted by Crippen LogP contribution is 2.24. The first-order chi connectivity index (χ1) is 13.1. The van der Waals surface area contributed by atoms with E-state index in [2.05, 4.69) is 10.1 Å². The van der Waals surface area contributed by atoms with Crippen LogP contribution in [0, 0.1) is 0 Å². The topological polar surface area (TPSA) is 99.2 Å². The maximum absolute atomic E-state index is 12.6. The molecule has 0 aromatic heterocycles. The number of carbonyl (C=O) groups excluding carboxylic acids is 3. The summed E-state index contributed by atoms with van der Waals surface area (Å²) in [6.45, 7) is 1.61. The number of nitrogens with zero attached hydrogens (tertiary/aromatic N) is 2. The zero-order valence-electron chi connectivity index (χ0n) is 14.8. The molecule has 1 aromatic rings. The van der Waals surface area contributed by atoms with Gasteiger partial charge < -0.3 is 25.0 Å². The largest absolute Gasteiger partial charge is 0.573 e. The minimum Gasteiger partial charge on any atom is -0.406 e. The van der Waals surface area contributed by atoms with Gasteiger partial charge in [-0.3, -0.25) is 14.4 Å². The van der Waals surface area contributed by atoms with E-state index in [1.165, 1.54) is 28.9 Å². The molecular formula is C17H18F3N3O5. The molecule has 3 atom stereocenters. The number of nitrogens with one attached hydrogen (secondary N) is 1. The van der Waals surface area contributed by atoms with Crippen molar-refractivity contribution in [1.29, 1.82) is 0 Å². The first-order valence-corrected chi connectivity index (χ1v) is 8.51. The van der Waals surface area contributed by atoms with Gasteiger partial charge in [-0.2, -0.15) is 0 Å². The lowest BCUT2D eigenvalue weighted by molar-refractivity contribution is -0.274. The molecule has 0 bridgehead atoms. The SMILES string of the molecule is C[C@H](O)[C@H]1NC(=O)[C@H]2CN(C(=O)c3ccc(OC(F)(F)F)cc3)CCN2C1=O. The minimum absolute atomic E-state index is 0.0518. The van der Waals surface area contributed by atoms with Crippen molar-refractivity contribution < 1.29 is 37.4 Å². The molecule has 11 heteroatoms. The van der Waals surface area contributed by atoms with Crippen molar-refractivity contribution in [3.05, 3.63) is 29.8 Å². The Balaban J connectivity index is 1.69. The van der Waals surface area contributed by atoms with E-state index in [9.17, 15) is 32.7 Å². The summed E-state index contributed by atoms with van der Waals surface area (Å²) < 4.78 is 40.4. The zero-order valence-corrected chi connectivity index (χ0v) is 14.8. The smallest absolute Gasteiger partial charge is 0.406 e. The van der Waals surface area contributed by atoms with E-state index >= 15 is 0 Å². The molecule has 3 rings (SSSR count). The van der Waals surface area contributed by atoms with Gasteiger partial charge in [0.1, 0.15) is 17.8 Å². The van der Waals surface area contributed by atoms with Crippen molar-refractivity contribution in [2.24, 2.45) is 0 Å². The third kappa shape index (κ3) is 4.03. The number of ether oxygens (including phenoxy) is 1. The summed E-state index contributed by atoms with van der Waals surface area (Å²) >= 11 is 0. The van der Waals surface area contributed by atoms with Gasteiger partial charge in [0.05, 0.1) is 12.6 Å². The Morgan fingerprint density at radius 2 is 1.89 bits per heavy atom. The van der Waals surface area contributed by atoms with Crippen LogP contribution in [-0.4, -0.2) is 76.8 Å². The van der Waals surface area contributed by atoms with E-state index in [1.807, 2.05) is 0 Å². The number of halogens is 3. The third-order valence-corrected chi connectivity index (χ3v) is 4.63. The summed E-state index contributed by atoms with van der Waals surface area (Å²) in [5.41, 5.74) is 0.132. The molecule has 2 saturated heterocycles. The molecule has 28 heavy (non-hydrogen) atoms. The number of amides is 3. The molecule has 8 nitrogen and oxygen atoms in total. The van der Waals surface area contributed by atoms with Crippen LogP contribution in [0.25, 0.3) is 0 Å². The Bertz CT molecular complexity index is 781. The molecule has 2 aliphatic rings. The van der Waals surface area contributed by atoms with Crippen LogP contribution in [0.2, 0.25) is 0 Å². The second-order valence-corrected chi connectivity index (χ2v) is 6.60. The Morgan fingerprint density at radius 1 is 1.25 bits per heavy atom. The number of benzene rings is 1. The van der Waals surface area contributed by atoms with Crippen LogP contribution in [0.5, 0.6) is 5.75 Å². The lowest BCUT2D eigenvalue weighted by Crippen LogP contribution is -2.71. The van der Waals surface area contributed by atoms with Crippen LogP contribution in [0.4, 0.5) is 13.2 Å². The van der Waals surface area contributed by atoms with Gasteiger partial charge in [-0.1, -0.05) is 0 Å². The van der Waals surface area contributed by atoms with Gasteiger partial charge in [-0.05, 0) is 31.2 Å². The predicted octanol–water partition coefficient (Wildman–Crippen LogP) is 0.117. The van der Waals surface area contributed by atoms with E-state index in [-0.39, 0.29) is 25.2 Å². The van der Waals surface area contributed by atoms with Crippen LogP contribution in [0.3, 0.4) is 0 Å². The molecule has 3 amide bonds. The van der Waals surface area contributed by atoms with Crippen molar-refractivity contribution in [3.63, 3.8) is 0 Å². The van der Waals surface area contributed by atoms with Crippen molar-refractivity contribution in [3.8, 4) is 5.75 Å². The number of carbonyl (C=O) groups is 3. The van der Waals surface area contributed by atoms with E-state index in [0.29, 0.717) is 0 Å². The van der Waals surface area contributed by atoms with Gasteiger partial charge in [-0.25, -0.2) is 0 Å². The second kappa shape index (κ2) is 7.30. The monoisotopic (exact) mass is 401 g/mol. The number of hydrogen-bond donors (Lipinski definition) is 2. The van der Waals surface area contributed by atoms with E-state index in [0.717, 1.165) is 12.1 Å². The van der Waals surface area contributed by atoms with Crippen LogP contribution in [0.15, 0.2) is 24.3 Å². The van der Waals surface area contributed by atoms with Gasteiger partial charge in [0.15, 0.2) is 0 Å². The molecular weight excluding hydrogens is 383 g/mol.